The van der Waals surface area contributed by atoms with Crippen LogP contribution in [0.4, 0.5) is 0 Å². The maximum absolute atomic E-state index is 12.6. The van der Waals surface area contributed by atoms with Gasteiger partial charge in [0.2, 0.25) is 5.91 Å². The first kappa shape index (κ1) is 16.5. The molecule has 2 saturated heterocycles. The number of amides is 1. The van der Waals surface area contributed by atoms with Gasteiger partial charge >= 0.3 is 0 Å². The minimum absolute atomic E-state index is 0.00257. The van der Waals surface area contributed by atoms with Crippen molar-refractivity contribution in [1.82, 2.24) is 19.9 Å². The van der Waals surface area contributed by atoms with Crippen LogP contribution in [0.15, 0.2) is 10.6 Å². The summed E-state index contributed by atoms with van der Waals surface area (Å²) in [5.74, 6) is 1.23. The molecule has 2 fully saturated rings. The average Bonchev–Trinajstić information content (AvgIpc) is 3.00. The van der Waals surface area contributed by atoms with Gasteiger partial charge in [0, 0.05) is 45.3 Å². The van der Waals surface area contributed by atoms with Crippen LogP contribution in [0.2, 0.25) is 0 Å². The Balaban J connectivity index is 1.46. The lowest BCUT2D eigenvalue weighted by Gasteiger charge is -2.39. The quantitative estimate of drug-likeness (QED) is 0.841. The van der Waals surface area contributed by atoms with Crippen molar-refractivity contribution in [3.8, 4) is 0 Å². The molecule has 1 aromatic heterocycles. The first-order valence-corrected chi connectivity index (χ1v) is 8.81. The Labute approximate surface area is 138 Å². The lowest BCUT2D eigenvalue weighted by molar-refractivity contribution is -0.138. The molecule has 128 valence electrons. The van der Waals surface area contributed by atoms with Crippen molar-refractivity contribution in [3.63, 3.8) is 0 Å². The molecule has 6 heteroatoms. The van der Waals surface area contributed by atoms with Gasteiger partial charge < -0.3 is 9.42 Å². The number of hydrogen-bond donors (Lipinski definition) is 0. The van der Waals surface area contributed by atoms with E-state index in [1.54, 1.807) is 0 Å². The molecule has 0 spiro atoms. The van der Waals surface area contributed by atoms with E-state index in [0.29, 0.717) is 5.91 Å². The monoisotopic (exact) mass is 320 g/mol. The predicted molar refractivity (Wildman–Crippen MR) is 88.0 cm³/mol. The number of hydrogen-bond acceptors (Lipinski definition) is 5. The fourth-order valence-electron chi connectivity index (χ4n) is 3.55. The highest BCUT2D eigenvalue weighted by atomic mass is 16.5. The topological polar surface area (TPSA) is 52.8 Å². The second kappa shape index (κ2) is 7.45. The van der Waals surface area contributed by atoms with Crippen molar-refractivity contribution in [2.45, 2.75) is 45.7 Å². The maximum atomic E-state index is 12.6. The standard InChI is InChI=1S/C17H28N4O2/c1-14-12-16(23-18-14)13-19-8-10-20(11-9-19)15(2)17(22)21-6-4-3-5-7-21/h12,15H,3-11,13H2,1-2H3. The highest BCUT2D eigenvalue weighted by molar-refractivity contribution is 5.81. The number of likely N-dealkylation sites (tertiary alicyclic amines) is 1. The van der Waals surface area contributed by atoms with E-state index in [-0.39, 0.29) is 6.04 Å². The van der Waals surface area contributed by atoms with E-state index < -0.39 is 0 Å². The Morgan fingerprint density at radius 1 is 1.17 bits per heavy atom. The molecule has 0 radical (unpaired) electrons. The molecule has 2 aliphatic heterocycles. The van der Waals surface area contributed by atoms with Gasteiger partial charge in [0.25, 0.3) is 0 Å². The van der Waals surface area contributed by atoms with Crippen molar-refractivity contribution in [1.29, 1.82) is 0 Å². The van der Waals surface area contributed by atoms with E-state index >= 15 is 0 Å². The summed E-state index contributed by atoms with van der Waals surface area (Å²) >= 11 is 0. The molecule has 0 bridgehead atoms. The Bertz CT molecular complexity index is 516. The van der Waals surface area contributed by atoms with Gasteiger partial charge in [-0.05, 0) is 33.1 Å². The summed E-state index contributed by atoms with van der Waals surface area (Å²) in [7, 11) is 0. The molecule has 1 unspecified atom stereocenters. The summed E-state index contributed by atoms with van der Waals surface area (Å²) in [5, 5.41) is 3.94. The molecular weight excluding hydrogens is 292 g/mol. The van der Waals surface area contributed by atoms with Crippen LogP contribution in [0.5, 0.6) is 0 Å². The van der Waals surface area contributed by atoms with Crippen molar-refractivity contribution >= 4 is 5.91 Å². The van der Waals surface area contributed by atoms with Crippen LogP contribution >= 0.6 is 0 Å². The highest BCUT2D eigenvalue weighted by Gasteiger charge is 2.29. The number of aromatic nitrogens is 1. The summed E-state index contributed by atoms with van der Waals surface area (Å²) in [5.41, 5.74) is 0.930. The molecule has 6 nitrogen and oxygen atoms in total. The molecule has 0 aromatic carbocycles. The number of carbonyl (C=O) groups is 1. The molecule has 3 heterocycles. The summed E-state index contributed by atoms with van der Waals surface area (Å²) in [6, 6.07) is 2.00. The lowest BCUT2D eigenvalue weighted by Crippen LogP contribution is -2.54. The molecule has 0 N–H and O–H groups in total. The van der Waals surface area contributed by atoms with Crippen LogP contribution in [-0.2, 0) is 11.3 Å². The Morgan fingerprint density at radius 2 is 1.87 bits per heavy atom. The molecule has 1 aromatic rings. The smallest absolute Gasteiger partial charge is 0.239 e. The van der Waals surface area contributed by atoms with Gasteiger partial charge in [-0.1, -0.05) is 5.16 Å². The zero-order valence-electron chi connectivity index (χ0n) is 14.3. The van der Waals surface area contributed by atoms with E-state index in [1.807, 2.05) is 13.0 Å². The van der Waals surface area contributed by atoms with E-state index in [4.69, 9.17) is 4.52 Å². The van der Waals surface area contributed by atoms with Gasteiger partial charge in [-0.2, -0.15) is 0 Å². The van der Waals surface area contributed by atoms with E-state index in [0.717, 1.165) is 70.1 Å². The number of nitrogens with zero attached hydrogens (tertiary/aromatic N) is 4. The van der Waals surface area contributed by atoms with Gasteiger partial charge in [-0.15, -0.1) is 0 Å². The van der Waals surface area contributed by atoms with E-state index in [9.17, 15) is 4.79 Å². The normalized spacial score (nSPS) is 22.3. The van der Waals surface area contributed by atoms with Crippen LogP contribution < -0.4 is 0 Å². The van der Waals surface area contributed by atoms with Gasteiger partial charge in [0.15, 0.2) is 5.76 Å². The van der Waals surface area contributed by atoms with Crippen molar-refractivity contribution < 1.29 is 9.32 Å². The first-order chi connectivity index (χ1) is 11.1. The zero-order chi connectivity index (χ0) is 16.2. The molecule has 0 aliphatic carbocycles. The second-order valence-electron chi connectivity index (χ2n) is 6.81. The Morgan fingerprint density at radius 3 is 2.48 bits per heavy atom. The van der Waals surface area contributed by atoms with E-state index in [1.165, 1.54) is 6.42 Å². The number of rotatable bonds is 4. The minimum atomic E-state index is 0.00257. The largest absolute Gasteiger partial charge is 0.360 e. The number of aryl methyl sites for hydroxylation is 1. The SMILES string of the molecule is Cc1cc(CN2CCN(C(C)C(=O)N3CCCCC3)CC2)on1. The van der Waals surface area contributed by atoms with Gasteiger partial charge in [-0.25, -0.2) is 0 Å². The molecule has 0 saturated carbocycles. The van der Waals surface area contributed by atoms with Crippen molar-refractivity contribution in [3.05, 3.63) is 17.5 Å². The van der Waals surface area contributed by atoms with Crippen molar-refractivity contribution in [2.75, 3.05) is 39.3 Å². The van der Waals surface area contributed by atoms with Crippen LogP contribution in [0, 0.1) is 6.92 Å². The maximum Gasteiger partial charge on any atom is 0.239 e. The summed E-state index contributed by atoms with van der Waals surface area (Å²) in [6.07, 6.45) is 3.57. The molecule has 3 rings (SSSR count). The second-order valence-corrected chi connectivity index (χ2v) is 6.81. The lowest BCUT2D eigenvalue weighted by atomic mass is 10.1. The number of carbonyl (C=O) groups excluding carboxylic acids is 1. The summed E-state index contributed by atoms with van der Waals surface area (Å²) < 4.78 is 5.29. The Kier molecular flexibility index (Phi) is 5.33. The fourth-order valence-corrected chi connectivity index (χ4v) is 3.55. The van der Waals surface area contributed by atoms with Gasteiger partial charge in [-0.3, -0.25) is 14.6 Å². The van der Waals surface area contributed by atoms with Crippen LogP contribution in [0.1, 0.15) is 37.6 Å². The molecule has 2 aliphatic rings. The number of piperidine rings is 1. The minimum Gasteiger partial charge on any atom is -0.360 e. The van der Waals surface area contributed by atoms with Crippen LogP contribution in [0.3, 0.4) is 0 Å². The molecule has 1 atom stereocenters. The van der Waals surface area contributed by atoms with Gasteiger partial charge in [0.1, 0.15) is 0 Å². The predicted octanol–water partition coefficient (Wildman–Crippen LogP) is 1.50. The molecule has 1 amide bonds. The average molecular weight is 320 g/mol. The fraction of sp³-hybridized carbons (Fsp3) is 0.765. The van der Waals surface area contributed by atoms with Crippen LogP contribution in [0.25, 0.3) is 0 Å². The molecule has 23 heavy (non-hydrogen) atoms. The Hall–Kier alpha value is -1.40. The summed E-state index contributed by atoms with van der Waals surface area (Å²) in [6.45, 7) is 10.5. The van der Waals surface area contributed by atoms with Gasteiger partial charge in [0.05, 0.1) is 18.3 Å². The third-order valence-electron chi connectivity index (χ3n) is 5.04. The highest BCUT2D eigenvalue weighted by Crippen LogP contribution is 2.15. The first-order valence-electron chi connectivity index (χ1n) is 8.81. The summed E-state index contributed by atoms with van der Waals surface area (Å²) in [4.78, 5) is 19.4. The third-order valence-corrected chi connectivity index (χ3v) is 5.04. The molecular formula is C17H28N4O2. The van der Waals surface area contributed by atoms with Crippen molar-refractivity contribution in [2.24, 2.45) is 0 Å². The third kappa shape index (κ3) is 4.12. The van der Waals surface area contributed by atoms with E-state index in [2.05, 4.69) is 26.8 Å². The van der Waals surface area contributed by atoms with Crippen LogP contribution in [-0.4, -0.2) is 71.1 Å². The number of piperazine rings is 1. The zero-order valence-corrected chi connectivity index (χ0v) is 14.3.